The summed E-state index contributed by atoms with van der Waals surface area (Å²) in [5, 5.41) is 14.2. The lowest BCUT2D eigenvalue weighted by Gasteiger charge is -2.38. The lowest BCUT2D eigenvalue weighted by atomic mass is 9.70. The molecule has 1 saturated carbocycles. The van der Waals surface area contributed by atoms with Crippen LogP contribution in [0, 0.1) is 17.2 Å². The highest BCUT2D eigenvalue weighted by Crippen LogP contribution is 2.53. The van der Waals surface area contributed by atoms with E-state index in [1.54, 1.807) is 23.0 Å². The number of aliphatic hydroxyl groups excluding tert-OH is 1. The molecule has 4 rings (SSSR count). The number of rotatable bonds is 7. The maximum Gasteiger partial charge on any atom is 0.404 e. The highest BCUT2D eigenvalue weighted by atomic mass is 32.2. The third-order valence-corrected chi connectivity index (χ3v) is 8.63. The van der Waals surface area contributed by atoms with Gasteiger partial charge in [-0.3, -0.25) is 0 Å². The fourth-order valence-electron chi connectivity index (χ4n) is 5.15. The molecule has 1 aromatic carbocycles. The van der Waals surface area contributed by atoms with Gasteiger partial charge in [-0.2, -0.15) is 22.6 Å². The zero-order valence-electron chi connectivity index (χ0n) is 18.9. The molecule has 2 aliphatic carbocycles. The van der Waals surface area contributed by atoms with Crippen molar-refractivity contribution in [2.24, 2.45) is 11.3 Å². The average Bonchev–Trinajstić information content (AvgIpc) is 3.24. The lowest BCUT2D eigenvalue weighted by molar-refractivity contribution is -0.107. The quantitative estimate of drug-likeness (QED) is 0.584. The predicted molar refractivity (Wildman–Crippen MR) is 119 cm³/mol. The monoisotopic (exact) mass is 501 g/mol. The Morgan fingerprint density at radius 3 is 2.59 bits per heavy atom. The predicted octanol–water partition coefficient (Wildman–Crippen LogP) is 3.94. The van der Waals surface area contributed by atoms with E-state index < -0.39 is 40.0 Å². The van der Waals surface area contributed by atoms with E-state index in [4.69, 9.17) is 0 Å². The summed E-state index contributed by atoms with van der Waals surface area (Å²) in [6.07, 6.45) is -0.374. The molecule has 2 aromatic rings. The van der Waals surface area contributed by atoms with Gasteiger partial charge in [-0.25, -0.2) is 17.5 Å². The zero-order valence-corrected chi connectivity index (χ0v) is 19.7. The van der Waals surface area contributed by atoms with Crippen LogP contribution in [0.2, 0.25) is 0 Å². The van der Waals surface area contributed by atoms with Crippen LogP contribution in [0.1, 0.15) is 37.9 Å². The van der Waals surface area contributed by atoms with E-state index in [0.29, 0.717) is 24.9 Å². The molecule has 3 atom stereocenters. The van der Waals surface area contributed by atoms with E-state index in [2.05, 4.69) is 5.10 Å². The second-order valence-corrected chi connectivity index (χ2v) is 11.4. The van der Waals surface area contributed by atoms with E-state index in [1.165, 1.54) is 19.1 Å². The SMILES string of the molecule is C[C@H](O)CN(C[C@H]1CCC2=Cc3c(cnn3-c3ccc(F)cc3)C[C@@]21C)S(=O)(=O)CC(F)(F)F. The van der Waals surface area contributed by atoms with Gasteiger partial charge in [0.25, 0.3) is 0 Å². The highest BCUT2D eigenvalue weighted by Gasteiger charge is 2.48. The molecule has 186 valence electrons. The third kappa shape index (κ3) is 4.92. The van der Waals surface area contributed by atoms with Crippen molar-refractivity contribution in [2.45, 2.75) is 45.4 Å². The fraction of sp³-hybridized carbons (Fsp3) is 0.522. The van der Waals surface area contributed by atoms with Crippen molar-refractivity contribution < 1.29 is 31.1 Å². The first-order chi connectivity index (χ1) is 15.8. The number of benzene rings is 1. The molecule has 0 amide bonds. The van der Waals surface area contributed by atoms with Gasteiger partial charge in [0, 0.05) is 13.1 Å². The van der Waals surface area contributed by atoms with E-state index in [1.807, 2.05) is 13.0 Å². The Bertz CT molecular complexity index is 1190. The van der Waals surface area contributed by atoms with Gasteiger partial charge in [0.15, 0.2) is 5.75 Å². The second-order valence-electron chi connectivity index (χ2n) is 9.48. The maximum absolute atomic E-state index is 13.3. The Balaban J connectivity index is 1.61. The molecule has 1 aromatic heterocycles. The van der Waals surface area contributed by atoms with Gasteiger partial charge < -0.3 is 5.11 Å². The molecule has 0 aliphatic heterocycles. The van der Waals surface area contributed by atoms with Crippen molar-refractivity contribution in [3.05, 3.63) is 53.1 Å². The first kappa shape index (κ1) is 24.9. The van der Waals surface area contributed by atoms with Gasteiger partial charge in [0.2, 0.25) is 10.0 Å². The molecule has 34 heavy (non-hydrogen) atoms. The van der Waals surface area contributed by atoms with Crippen LogP contribution in [0.5, 0.6) is 0 Å². The number of allylic oxidation sites excluding steroid dienone is 1. The second kappa shape index (κ2) is 8.76. The molecule has 1 fully saturated rings. The first-order valence-corrected chi connectivity index (χ1v) is 12.7. The molecule has 0 unspecified atom stereocenters. The Labute approximate surface area is 195 Å². The highest BCUT2D eigenvalue weighted by molar-refractivity contribution is 7.89. The number of nitrogens with zero attached hydrogens (tertiary/aromatic N) is 3. The minimum atomic E-state index is -4.87. The minimum absolute atomic E-state index is 0.0986. The molecule has 0 bridgehead atoms. The summed E-state index contributed by atoms with van der Waals surface area (Å²) < 4.78 is 79.7. The normalized spacial score (nSPS) is 23.5. The van der Waals surface area contributed by atoms with Crippen molar-refractivity contribution in [2.75, 3.05) is 18.8 Å². The number of aromatic nitrogens is 2. The maximum atomic E-state index is 13.3. The van der Waals surface area contributed by atoms with Crippen LogP contribution in [0.3, 0.4) is 0 Å². The van der Waals surface area contributed by atoms with Gasteiger partial charge in [0.1, 0.15) is 5.82 Å². The Morgan fingerprint density at radius 1 is 1.29 bits per heavy atom. The molecule has 0 spiro atoms. The summed E-state index contributed by atoms with van der Waals surface area (Å²) in [5.41, 5.74) is 3.14. The molecular formula is C23H27F4N3O3S. The summed E-state index contributed by atoms with van der Waals surface area (Å²) in [7, 11) is -4.64. The molecule has 0 saturated heterocycles. The van der Waals surface area contributed by atoms with Crippen LogP contribution < -0.4 is 0 Å². The van der Waals surface area contributed by atoms with Crippen molar-refractivity contribution in [3.63, 3.8) is 0 Å². The zero-order chi connectivity index (χ0) is 24.9. The van der Waals surface area contributed by atoms with Crippen LogP contribution in [-0.4, -0.2) is 58.7 Å². The van der Waals surface area contributed by atoms with Crippen molar-refractivity contribution in [3.8, 4) is 5.69 Å². The van der Waals surface area contributed by atoms with Crippen LogP contribution in [0.4, 0.5) is 17.6 Å². The molecule has 2 aliphatic rings. The van der Waals surface area contributed by atoms with Crippen LogP contribution in [0.25, 0.3) is 11.8 Å². The topological polar surface area (TPSA) is 75.4 Å². The van der Waals surface area contributed by atoms with Gasteiger partial charge >= 0.3 is 6.18 Å². The molecule has 6 nitrogen and oxygen atoms in total. The molecule has 1 heterocycles. The number of hydrogen-bond donors (Lipinski definition) is 1. The number of aliphatic hydroxyl groups is 1. The Kier molecular flexibility index (Phi) is 6.41. The molecular weight excluding hydrogens is 474 g/mol. The van der Waals surface area contributed by atoms with Crippen LogP contribution in [0.15, 0.2) is 36.0 Å². The first-order valence-electron chi connectivity index (χ1n) is 11.0. The average molecular weight is 502 g/mol. The summed E-state index contributed by atoms with van der Waals surface area (Å²) >= 11 is 0. The van der Waals surface area contributed by atoms with Crippen molar-refractivity contribution in [1.82, 2.24) is 14.1 Å². The minimum Gasteiger partial charge on any atom is -0.392 e. The number of fused-ring (bicyclic) bond motifs is 2. The van der Waals surface area contributed by atoms with Crippen LogP contribution >= 0.6 is 0 Å². The summed E-state index contributed by atoms with van der Waals surface area (Å²) in [4.78, 5) is 0. The third-order valence-electron chi connectivity index (χ3n) is 6.85. The van der Waals surface area contributed by atoms with E-state index in [-0.39, 0.29) is 18.3 Å². The van der Waals surface area contributed by atoms with E-state index in [9.17, 15) is 31.1 Å². The molecule has 0 radical (unpaired) electrons. The smallest absolute Gasteiger partial charge is 0.392 e. The summed E-state index contributed by atoms with van der Waals surface area (Å²) in [6, 6.07) is 5.97. The number of halogens is 4. The molecule has 1 N–H and O–H groups in total. The largest absolute Gasteiger partial charge is 0.404 e. The Morgan fingerprint density at radius 2 is 1.97 bits per heavy atom. The summed E-state index contributed by atoms with van der Waals surface area (Å²) in [6.45, 7) is 2.87. The molecule has 11 heteroatoms. The van der Waals surface area contributed by atoms with Crippen molar-refractivity contribution >= 4 is 16.1 Å². The van der Waals surface area contributed by atoms with Crippen LogP contribution in [-0.2, 0) is 16.4 Å². The fourth-order valence-corrected chi connectivity index (χ4v) is 6.60. The van der Waals surface area contributed by atoms with E-state index >= 15 is 0 Å². The number of sulfonamides is 1. The van der Waals surface area contributed by atoms with Gasteiger partial charge in [-0.05, 0) is 73.4 Å². The van der Waals surface area contributed by atoms with Gasteiger partial charge in [-0.1, -0.05) is 12.5 Å². The standard InChI is InChI=1S/C23H27F4N3O3S/c1-15(31)12-29(34(32,33)14-23(25,26)27)13-18-4-3-17-9-21-16(10-22(17,18)2)11-28-30(21)20-7-5-19(24)6-8-20/h5-9,11,15,18,31H,3-4,10,12-14H2,1-2H3/t15-,18+,22-/m0/s1. The lowest BCUT2D eigenvalue weighted by Crippen LogP contribution is -2.46. The van der Waals surface area contributed by atoms with Crippen molar-refractivity contribution in [1.29, 1.82) is 0 Å². The number of hydrogen-bond acceptors (Lipinski definition) is 4. The van der Waals surface area contributed by atoms with Gasteiger partial charge in [0.05, 0.1) is 23.7 Å². The summed E-state index contributed by atoms with van der Waals surface area (Å²) in [5.74, 6) is -2.52. The number of alkyl halides is 3. The Hall–Kier alpha value is -2.24. The van der Waals surface area contributed by atoms with Gasteiger partial charge in [-0.15, -0.1) is 0 Å². The van der Waals surface area contributed by atoms with E-state index in [0.717, 1.165) is 21.1 Å².